The fourth-order valence-corrected chi connectivity index (χ4v) is 3.03. The monoisotopic (exact) mass is 314 g/mol. The Morgan fingerprint density at radius 2 is 2.22 bits per heavy atom. The summed E-state index contributed by atoms with van der Waals surface area (Å²) >= 11 is 0. The average Bonchev–Trinajstić information content (AvgIpc) is 3.10. The van der Waals surface area contributed by atoms with Crippen LogP contribution in [0.4, 0.5) is 5.69 Å². The third-order valence-corrected chi connectivity index (χ3v) is 4.40. The van der Waals surface area contributed by atoms with Gasteiger partial charge in [0.1, 0.15) is 12.2 Å². The van der Waals surface area contributed by atoms with Gasteiger partial charge in [-0.3, -0.25) is 14.9 Å². The number of aryl methyl sites for hydroxylation is 1. The largest absolute Gasteiger partial charge is 0.371 e. The highest BCUT2D eigenvalue weighted by molar-refractivity contribution is 5.79. The van der Waals surface area contributed by atoms with Crippen LogP contribution >= 0.6 is 0 Å². The summed E-state index contributed by atoms with van der Waals surface area (Å²) in [5.41, 5.74) is 2.39. The molecular weight excluding hydrogens is 292 g/mol. The molecular formula is C16H22N6O. The highest BCUT2D eigenvalue weighted by Gasteiger charge is 2.27. The molecule has 0 aliphatic carbocycles. The maximum atomic E-state index is 12.4. The van der Waals surface area contributed by atoms with E-state index in [-0.39, 0.29) is 17.9 Å². The van der Waals surface area contributed by atoms with Crippen molar-refractivity contribution in [2.75, 3.05) is 18.0 Å². The quantitative estimate of drug-likeness (QED) is 0.895. The summed E-state index contributed by atoms with van der Waals surface area (Å²) in [6.07, 6.45) is 6.87. The molecule has 0 saturated carbocycles. The zero-order valence-electron chi connectivity index (χ0n) is 13.5. The maximum absolute atomic E-state index is 12.4. The van der Waals surface area contributed by atoms with Crippen molar-refractivity contribution in [1.82, 2.24) is 25.5 Å². The molecule has 0 radical (unpaired) electrons. The van der Waals surface area contributed by atoms with Gasteiger partial charge in [-0.25, -0.2) is 4.98 Å². The second kappa shape index (κ2) is 6.76. The smallest absolute Gasteiger partial charge is 0.223 e. The number of piperidine rings is 1. The van der Waals surface area contributed by atoms with Gasteiger partial charge in [-0.15, -0.1) is 0 Å². The number of hydrogen-bond donors (Lipinski definition) is 2. The molecule has 1 unspecified atom stereocenters. The molecule has 3 heterocycles. The van der Waals surface area contributed by atoms with Gasteiger partial charge in [0.15, 0.2) is 0 Å². The van der Waals surface area contributed by atoms with Crippen LogP contribution in [0.3, 0.4) is 0 Å². The van der Waals surface area contributed by atoms with Crippen molar-refractivity contribution in [3.8, 4) is 0 Å². The van der Waals surface area contributed by atoms with E-state index >= 15 is 0 Å². The third kappa shape index (κ3) is 3.49. The Morgan fingerprint density at radius 3 is 2.87 bits per heavy atom. The normalized spacial score (nSPS) is 17.0. The predicted octanol–water partition coefficient (Wildman–Crippen LogP) is 1.60. The summed E-state index contributed by atoms with van der Waals surface area (Å²) in [5.74, 6) is 0.835. The molecule has 0 aromatic carbocycles. The fraction of sp³-hybridized carbons (Fsp3) is 0.500. The van der Waals surface area contributed by atoms with Crippen LogP contribution in [-0.4, -0.2) is 39.2 Å². The van der Waals surface area contributed by atoms with Crippen molar-refractivity contribution < 1.29 is 4.79 Å². The molecule has 122 valence electrons. The number of carbonyl (C=O) groups is 1. The summed E-state index contributed by atoms with van der Waals surface area (Å²) in [6, 6.07) is 1.90. The number of nitrogens with zero attached hydrogens (tertiary/aromatic N) is 4. The minimum atomic E-state index is -0.148. The van der Waals surface area contributed by atoms with E-state index in [2.05, 4.69) is 37.3 Å². The van der Waals surface area contributed by atoms with Crippen molar-refractivity contribution >= 4 is 11.6 Å². The number of pyridine rings is 1. The first-order valence-corrected chi connectivity index (χ1v) is 7.96. The summed E-state index contributed by atoms with van der Waals surface area (Å²) in [6.45, 7) is 5.76. The molecule has 1 aliphatic rings. The van der Waals surface area contributed by atoms with Crippen molar-refractivity contribution in [2.45, 2.75) is 32.7 Å². The molecule has 1 amide bonds. The SMILES string of the molecule is Cc1cnccc1N1CCC(C(=O)NC(C)c2ncn[nH]2)CC1. The lowest BCUT2D eigenvalue weighted by molar-refractivity contribution is -0.126. The van der Waals surface area contributed by atoms with Gasteiger partial charge in [-0.2, -0.15) is 5.10 Å². The third-order valence-electron chi connectivity index (χ3n) is 4.40. The molecule has 0 bridgehead atoms. The van der Waals surface area contributed by atoms with Crippen molar-refractivity contribution in [2.24, 2.45) is 5.92 Å². The van der Waals surface area contributed by atoms with Crippen LogP contribution in [-0.2, 0) is 4.79 Å². The highest BCUT2D eigenvalue weighted by Crippen LogP contribution is 2.25. The summed E-state index contributed by atoms with van der Waals surface area (Å²) in [4.78, 5) is 23.0. The molecule has 2 N–H and O–H groups in total. The lowest BCUT2D eigenvalue weighted by atomic mass is 9.95. The molecule has 2 aromatic rings. The van der Waals surface area contributed by atoms with Crippen LogP contribution in [0.2, 0.25) is 0 Å². The van der Waals surface area contributed by atoms with E-state index in [0.717, 1.165) is 25.9 Å². The van der Waals surface area contributed by atoms with E-state index in [1.54, 1.807) is 0 Å². The Hall–Kier alpha value is -2.44. The summed E-state index contributed by atoms with van der Waals surface area (Å²) < 4.78 is 0. The predicted molar refractivity (Wildman–Crippen MR) is 86.9 cm³/mol. The van der Waals surface area contributed by atoms with Crippen LogP contribution in [0.5, 0.6) is 0 Å². The van der Waals surface area contributed by atoms with E-state index in [9.17, 15) is 4.79 Å². The Kier molecular flexibility index (Phi) is 4.55. The number of anilines is 1. The minimum absolute atomic E-state index is 0.0544. The Balaban J connectivity index is 1.54. The van der Waals surface area contributed by atoms with Crippen LogP contribution in [0, 0.1) is 12.8 Å². The number of amides is 1. The first-order valence-electron chi connectivity index (χ1n) is 7.96. The van der Waals surface area contributed by atoms with E-state index in [4.69, 9.17) is 0 Å². The van der Waals surface area contributed by atoms with Gasteiger partial charge >= 0.3 is 0 Å². The van der Waals surface area contributed by atoms with Crippen LogP contribution < -0.4 is 10.2 Å². The van der Waals surface area contributed by atoms with Gasteiger partial charge in [0.25, 0.3) is 0 Å². The zero-order chi connectivity index (χ0) is 16.2. The van der Waals surface area contributed by atoms with Crippen molar-refractivity contribution in [1.29, 1.82) is 0 Å². The minimum Gasteiger partial charge on any atom is -0.371 e. The molecule has 1 fully saturated rings. The number of carbonyl (C=O) groups excluding carboxylic acids is 1. The second-order valence-electron chi connectivity index (χ2n) is 6.02. The van der Waals surface area contributed by atoms with Crippen molar-refractivity contribution in [3.63, 3.8) is 0 Å². The molecule has 1 saturated heterocycles. The molecule has 0 spiro atoms. The maximum Gasteiger partial charge on any atom is 0.223 e. The fourth-order valence-electron chi connectivity index (χ4n) is 3.03. The number of aromatic amines is 1. The molecule has 2 aromatic heterocycles. The first kappa shape index (κ1) is 15.5. The highest BCUT2D eigenvalue weighted by atomic mass is 16.2. The first-order chi connectivity index (χ1) is 11.1. The van der Waals surface area contributed by atoms with Crippen LogP contribution in [0.15, 0.2) is 24.8 Å². The molecule has 7 nitrogen and oxygen atoms in total. The van der Waals surface area contributed by atoms with Crippen LogP contribution in [0.1, 0.15) is 37.2 Å². The standard InChI is InChI=1S/C16H22N6O/c1-11-9-17-6-3-14(11)22-7-4-13(5-8-22)16(23)20-12(2)15-18-10-19-21-15/h3,6,9-10,12-13H,4-5,7-8H2,1-2H3,(H,20,23)(H,18,19,21). The Labute approximate surface area is 135 Å². The molecule has 1 aliphatic heterocycles. The van der Waals surface area contributed by atoms with E-state index in [0.29, 0.717) is 5.82 Å². The van der Waals surface area contributed by atoms with Gasteiger partial charge < -0.3 is 10.2 Å². The van der Waals surface area contributed by atoms with Crippen LogP contribution in [0.25, 0.3) is 0 Å². The molecule has 23 heavy (non-hydrogen) atoms. The lowest BCUT2D eigenvalue weighted by Crippen LogP contribution is -2.41. The Morgan fingerprint density at radius 1 is 1.43 bits per heavy atom. The molecule has 1 atom stereocenters. The second-order valence-corrected chi connectivity index (χ2v) is 6.02. The van der Waals surface area contributed by atoms with Gasteiger partial charge in [0.05, 0.1) is 6.04 Å². The molecule has 3 rings (SSSR count). The van der Waals surface area contributed by atoms with E-state index in [1.165, 1.54) is 17.6 Å². The number of nitrogens with one attached hydrogen (secondary N) is 2. The number of H-pyrrole nitrogens is 1. The lowest BCUT2D eigenvalue weighted by Gasteiger charge is -2.34. The van der Waals surface area contributed by atoms with Gasteiger partial charge in [-0.05, 0) is 38.3 Å². The van der Waals surface area contributed by atoms with E-state index < -0.39 is 0 Å². The number of hydrogen-bond acceptors (Lipinski definition) is 5. The topological polar surface area (TPSA) is 86.8 Å². The van der Waals surface area contributed by atoms with Gasteiger partial charge in [-0.1, -0.05) is 0 Å². The summed E-state index contributed by atoms with van der Waals surface area (Å²) in [7, 11) is 0. The van der Waals surface area contributed by atoms with E-state index in [1.807, 2.05) is 25.4 Å². The summed E-state index contributed by atoms with van der Waals surface area (Å²) in [5, 5.41) is 9.62. The van der Waals surface area contributed by atoms with Crippen molar-refractivity contribution in [3.05, 3.63) is 36.2 Å². The average molecular weight is 314 g/mol. The Bertz CT molecular complexity index is 648. The van der Waals surface area contributed by atoms with Gasteiger partial charge in [0, 0.05) is 37.1 Å². The molecule has 7 heteroatoms. The van der Waals surface area contributed by atoms with Gasteiger partial charge in [0.2, 0.25) is 5.91 Å². The number of aromatic nitrogens is 4. The zero-order valence-corrected chi connectivity index (χ0v) is 13.5. The number of rotatable bonds is 4.